The van der Waals surface area contributed by atoms with E-state index in [2.05, 4.69) is 0 Å². The smallest absolute Gasteiger partial charge is 0.308 e. The predicted molar refractivity (Wildman–Crippen MR) is 66.1 cm³/mol. The number of methoxy groups -OCH3 is 1. The second kappa shape index (κ2) is 4.68. The van der Waals surface area contributed by atoms with Crippen LogP contribution in [-0.2, 0) is 9.53 Å². The zero-order valence-corrected chi connectivity index (χ0v) is 10.8. The fourth-order valence-electron chi connectivity index (χ4n) is 1.98. The van der Waals surface area contributed by atoms with E-state index in [1.807, 2.05) is 0 Å². The van der Waals surface area contributed by atoms with Gasteiger partial charge >= 0.3 is 5.97 Å². The number of esters is 1. The van der Waals surface area contributed by atoms with Crippen LogP contribution in [0.4, 0.5) is 0 Å². The predicted octanol–water partition coefficient (Wildman–Crippen LogP) is 1.91. The lowest BCUT2D eigenvalue weighted by atomic mass is 9.88. The Balaban J connectivity index is 2.65. The van der Waals surface area contributed by atoms with Gasteiger partial charge in [-0.05, 0) is 13.0 Å². The van der Waals surface area contributed by atoms with Gasteiger partial charge < -0.3 is 9.47 Å². The van der Waals surface area contributed by atoms with E-state index < -0.39 is 11.8 Å². The first-order chi connectivity index (χ1) is 8.97. The Labute approximate surface area is 109 Å². The third kappa shape index (κ3) is 2.03. The molecule has 0 fully saturated rings. The molecule has 1 aromatic carbocycles. The van der Waals surface area contributed by atoms with Crippen molar-refractivity contribution >= 4 is 17.5 Å². The Morgan fingerprint density at radius 3 is 2.42 bits per heavy atom. The molecule has 0 unspecified atom stereocenters. The summed E-state index contributed by atoms with van der Waals surface area (Å²) >= 11 is 0. The van der Waals surface area contributed by atoms with Crippen molar-refractivity contribution in [3.8, 4) is 5.75 Å². The number of carbonyl (C=O) groups excluding carboxylic acids is 3. The number of rotatable bonds is 2. The van der Waals surface area contributed by atoms with E-state index >= 15 is 0 Å². The Bertz CT molecular complexity index is 625. The molecule has 0 aliphatic heterocycles. The molecule has 0 spiro atoms. The van der Waals surface area contributed by atoms with Crippen LogP contribution in [0.25, 0.3) is 0 Å². The molecule has 0 heterocycles. The van der Waals surface area contributed by atoms with Crippen LogP contribution in [0.1, 0.15) is 34.6 Å². The Morgan fingerprint density at radius 1 is 1.16 bits per heavy atom. The number of Topliss-reactive ketones (excluding diaryl/α,β-unsaturated/α-hetero) is 2. The van der Waals surface area contributed by atoms with Crippen molar-refractivity contribution in [3.05, 3.63) is 40.7 Å². The number of fused-ring (bicyclic) bond motifs is 1. The molecule has 5 nitrogen and oxygen atoms in total. The molecular weight excluding hydrogens is 248 g/mol. The van der Waals surface area contributed by atoms with Gasteiger partial charge in [-0.2, -0.15) is 0 Å². The van der Waals surface area contributed by atoms with E-state index in [0.717, 1.165) is 0 Å². The van der Waals surface area contributed by atoms with E-state index in [9.17, 15) is 14.4 Å². The molecule has 2 rings (SSSR count). The van der Waals surface area contributed by atoms with E-state index in [1.54, 1.807) is 18.2 Å². The number of allylic oxidation sites excluding steroid dienone is 2. The van der Waals surface area contributed by atoms with Gasteiger partial charge in [0.05, 0.1) is 12.7 Å². The molecule has 0 aromatic heterocycles. The number of ether oxygens (including phenoxy) is 2. The maximum atomic E-state index is 12.3. The largest absolute Gasteiger partial charge is 0.496 e. The SMILES string of the molecule is COc1cccc2c1C(=O)C(OC(C)=O)=C(C)C2=O. The standard InChI is InChI=1S/C14H12O5/c1-7-12(16)9-5-4-6-10(18-3)11(9)13(17)14(7)19-8(2)15/h4-6H,1-3H3. The van der Waals surface area contributed by atoms with E-state index in [1.165, 1.54) is 21.0 Å². The Kier molecular flexibility index (Phi) is 3.21. The van der Waals surface area contributed by atoms with Crippen molar-refractivity contribution in [1.82, 2.24) is 0 Å². The number of hydrogen-bond donors (Lipinski definition) is 0. The molecule has 1 aliphatic carbocycles. The number of carbonyl (C=O) groups is 3. The maximum absolute atomic E-state index is 12.3. The van der Waals surface area contributed by atoms with Gasteiger partial charge in [-0.3, -0.25) is 14.4 Å². The lowest BCUT2D eigenvalue weighted by molar-refractivity contribution is -0.136. The quantitative estimate of drug-likeness (QED) is 0.760. The average Bonchev–Trinajstić information content (AvgIpc) is 2.40. The fourth-order valence-corrected chi connectivity index (χ4v) is 1.98. The lowest BCUT2D eigenvalue weighted by Gasteiger charge is -2.19. The topological polar surface area (TPSA) is 69.7 Å². The van der Waals surface area contributed by atoms with Crippen molar-refractivity contribution in [2.75, 3.05) is 7.11 Å². The van der Waals surface area contributed by atoms with Crippen molar-refractivity contribution in [2.24, 2.45) is 0 Å². The highest BCUT2D eigenvalue weighted by Gasteiger charge is 2.34. The minimum atomic E-state index is -0.645. The molecule has 0 N–H and O–H groups in total. The first-order valence-corrected chi connectivity index (χ1v) is 5.63. The molecule has 0 radical (unpaired) electrons. The second-order valence-electron chi connectivity index (χ2n) is 4.09. The van der Waals surface area contributed by atoms with Gasteiger partial charge in [-0.15, -0.1) is 0 Å². The van der Waals surface area contributed by atoms with Gasteiger partial charge in [0.15, 0.2) is 11.5 Å². The first kappa shape index (κ1) is 13.0. The second-order valence-corrected chi connectivity index (χ2v) is 4.09. The summed E-state index contributed by atoms with van der Waals surface area (Å²) in [5.74, 6) is -1.44. The number of ketones is 2. The molecule has 0 bridgehead atoms. The van der Waals surface area contributed by atoms with Gasteiger partial charge in [-0.1, -0.05) is 12.1 Å². The normalized spacial score (nSPS) is 14.3. The van der Waals surface area contributed by atoms with Crippen LogP contribution in [0.15, 0.2) is 29.5 Å². The molecule has 1 aliphatic rings. The maximum Gasteiger partial charge on any atom is 0.308 e. The Morgan fingerprint density at radius 2 is 1.84 bits per heavy atom. The minimum absolute atomic E-state index is 0.126. The Hall–Kier alpha value is -2.43. The molecule has 0 atom stereocenters. The molecule has 1 aromatic rings. The summed E-state index contributed by atoms with van der Waals surface area (Å²) in [7, 11) is 1.41. The third-order valence-electron chi connectivity index (χ3n) is 2.85. The van der Waals surface area contributed by atoms with Crippen LogP contribution in [0.5, 0.6) is 5.75 Å². The first-order valence-electron chi connectivity index (χ1n) is 5.63. The summed E-state index contributed by atoms with van der Waals surface area (Å²) in [6.45, 7) is 2.64. The van der Waals surface area contributed by atoms with Crippen molar-refractivity contribution in [3.63, 3.8) is 0 Å². The summed E-state index contributed by atoms with van der Waals surface area (Å²) in [6, 6.07) is 4.76. The van der Waals surface area contributed by atoms with E-state index in [4.69, 9.17) is 9.47 Å². The van der Waals surface area contributed by atoms with Crippen molar-refractivity contribution in [2.45, 2.75) is 13.8 Å². The van der Waals surface area contributed by atoms with Gasteiger partial charge in [0.25, 0.3) is 0 Å². The highest BCUT2D eigenvalue weighted by atomic mass is 16.5. The van der Waals surface area contributed by atoms with Gasteiger partial charge in [-0.25, -0.2) is 0 Å². The van der Waals surface area contributed by atoms with Crippen molar-refractivity contribution < 1.29 is 23.9 Å². The van der Waals surface area contributed by atoms with Gasteiger partial charge in [0, 0.05) is 18.1 Å². The average molecular weight is 260 g/mol. The molecule has 5 heteroatoms. The van der Waals surface area contributed by atoms with Crippen molar-refractivity contribution in [1.29, 1.82) is 0 Å². The molecular formula is C14H12O5. The molecule has 0 saturated carbocycles. The summed E-state index contributed by atoms with van der Waals surface area (Å²) in [5.41, 5.74) is 0.524. The summed E-state index contributed by atoms with van der Waals surface area (Å²) in [5, 5.41) is 0. The van der Waals surface area contributed by atoms with Crippen LogP contribution >= 0.6 is 0 Å². The summed E-state index contributed by atoms with van der Waals surface area (Å²) in [4.78, 5) is 35.5. The van der Waals surface area contributed by atoms with E-state index in [-0.39, 0.29) is 34.0 Å². The van der Waals surface area contributed by atoms with Crippen LogP contribution in [0.2, 0.25) is 0 Å². The van der Waals surface area contributed by atoms with Gasteiger partial charge in [0.1, 0.15) is 5.75 Å². The fraction of sp³-hybridized carbons (Fsp3) is 0.214. The van der Waals surface area contributed by atoms with Crippen LogP contribution in [0, 0.1) is 0 Å². The van der Waals surface area contributed by atoms with Crippen LogP contribution in [-0.4, -0.2) is 24.6 Å². The van der Waals surface area contributed by atoms with Gasteiger partial charge in [0.2, 0.25) is 5.78 Å². The molecule has 98 valence electrons. The summed E-state index contributed by atoms with van der Waals surface area (Å²) < 4.78 is 9.94. The zero-order valence-electron chi connectivity index (χ0n) is 10.8. The van der Waals surface area contributed by atoms with E-state index in [0.29, 0.717) is 0 Å². The third-order valence-corrected chi connectivity index (χ3v) is 2.85. The lowest BCUT2D eigenvalue weighted by Crippen LogP contribution is -2.24. The monoisotopic (exact) mass is 260 g/mol. The number of hydrogen-bond acceptors (Lipinski definition) is 5. The molecule has 19 heavy (non-hydrogen) atoms. The van der Waals surface area contributed by atoms with Crippen LogP contribution < -0.4 is 4.74 Å². The highest BCUT2D eigenvalue weighted by molar-refractivity contribution is 6.27. The van der Waals surface area contributed by atoms with Crippen LogP contribution in [0.3, 0.4) is 0 Å². The highest BCUT2D eigenvalue weighted by Crippen LogP contribution is 2.32. The summed E-state index contributed by atoms with van der Waals surface area (Å²) in [6.07, 6.45) is 0. The zero-order chi connectivity index (χ0) is 14.2. The number of benzene rings is 1. The molecule has 0 saturated heterocycles. The minimum Gasteiger partial charge on any atom is -0.496 e. The molecule has 0 amide bonds.